The molecular weight excluding hydrogens is 448 g/mol. The number of carbonyl (C=O) groups is 2. The molecule has 2 amide bonds. The zero-order valence-electron chi connectivity index (χ0n) is 20.4. The number of hydrogen-bond donors (Lipinski definition) is 0. The van der Waals surface area contributed by atoms with Crippen LogP contribution in [0.4, 0.5) is 11.4 Å². The monoisotopic (exact) mass is 476 g/mol. The van der Waals surface area contributed by atoms with Crippen LogP contribution in [0.1, 0.15) is 46.9 Å². The Morgan fingerprint density at radius 2 is 1.50 bits per heavy atom. The fourth-order valence-corrected chi connectivity index (χ4v) is 5.12. The minimum absolute atomic E-state index is 0.0413. The first-order chi connectivity index (χ1) is 17.6. The van der Waals surface area contributed by atoms with Crippen LogP contribution in [0, 0.1) is 0 Å². The summed E-state index contributed by atoms with van der Waals surface area (Å²) in [5, 5.41) is 0. The average Bonchev–Trinajstić information content (AvgIpc) is 2.93. The second-order valence-corrected chi connectivity index (χ2v) is 8.87. The number of ether oxygens (including phenoxy) is 1. The summed E-state index contributed by atoms with van der Waals surface area (Å²) in [5.74, 6) is 0.482. The van der Waals surface area contributed by atoms with Gasteiger partial charge in [0.2, 0.25) is 5.91 Å². The van der Waals surface area contributed by atoms with E-state index in [0.717, 1.165) is 22.5 Å². The molecule has 0 aromatic heterocycles. The molecule has 2 atom stereocenters. The molecule has 5 rings (SSSR count). The third kappa shape index (κ3) is 4.36. The van der Waals surface area contributed by atoms with E-state index in [1.54, 1.807) is 20.1 Å². The average molecular weight is 477 g/mol. The van der Waals surface area contributed by atoms with E-state index < -0.39 is 0 Å². The second-order valence-electron chi connectivity index (χ2n) is 8.87. The van der Waals surface area contributed by atoms with E-state index in [4.69, 9.17) is 4.74 Å². The lowest BCUT2D eigenvalue weighted by Gasteiger charge is -2.44. The third-order valence-electron chi connectivity index (χ3n) is 6.72. The highest BCUT2D eigenvalue weighted by Crippen LogP contribution is 2.48. The van der Waals surface area contributed by atoms with E-state index in [9.17, 15) is 9.59 Å². The first-order valence-corrected chi connectivity index (χ1v) is 12.0. The van der Waals surface area contributed by atoms with Crippen LogP contribution in [0.2, 0.25) is 0 Å². The van der Waals surface area contributed by atoms with Crippen LogP contribution in [0.3, 0.4) is 0 Å². The van der Waals surface area contributed by atoms with E-state index in [0.29, 0.717) is 17.7 Å². The zero-order chi connectivity index (χ0) is 25.1. The van der Waals surface area contributed by atoms with Crippen molar-refractivity contribution in [3.05, 3.63) is 126 Å². The molecule has 0 saturated heterocycles. The van der Waals surface area contributed by atoms with Crippen molar-refractivity contribution in [2.75, 3.05) is 16.9 Å². The Hall–Kier alpha value is -4.38. The van der Waals surface area contributed by atoms with Crippen molar-refractivity contribution >= 4 is 23.2 Å². The Morgan fingerprint density at radius 1 is 0.833 bits per heavy atom. The van der Waals surface area contributed by atoms with Crippen LogP contribution in [0.5, 0.6) is 5.75 Å². The number of amides is 2. The standard InChI is InChI=1S/C31H28N2O3/c1-22(34)32(25-15-7-4-8-16-25)30-21-29(23-12-5-3-6-13-23)33(28-19-10-9-18-27(28)30)31(35)24-14-11-17-26(20-24)36-2/h3-20,29-30H,21H2,1-2H3/t29-,30-/m1/s1. The van der Waals surface area contributed by atoms with E-state index in [2.05, 4.69) is 0 Å². The van der Waals surface area contributed by atoms with Gasteiger partial charge in [0.15, 0.2) is 0 Å². The van der Waals surface area contributed by atoms with Gasteiger partial charge in [-0.05, 0) is 53.9 Å². The van der Waals surface area contributed by atoms with Crippen molar-refractivity contribution in [1.29, 1.82) is 0 Å². The molecule has 36 heavy (non-hydrogen) atoms. The number of para-hydroxylation sites is 2. The van der Waals surface area contributed by atoms with Gasteiger partial charge in [0, 0.05) is 23.9 Å². The molecule has 0 fully saturated rings. The summed E-state index contributed by atoms with van der Waals surface area (Å²) in [6, 6.07) is 34.4. The molecule has 0 bridgehead atoms. The Morgan fingerprint density at radius 3 is 2.19 bits per heavy atom. The molecule has 0 unspecified atom stereocenters. The molecule has 4 aromatic carbocycles. The summed E-state index contributed by atoms with van der Waals surface area (Å²) in [5.41, 5.74) is 4.15. The van der Waals surface area contributed by atoms with E-state index in [-0.39, 0.29) is 23.9 Å². The third-order valence-corrected chi connectivity index (χ3v) is 6.72. The van der Waals surface area contributed by atoms with Crippen LogP contribution < -0.4 is 14.5 Å². The first kappa shape index (κ1) is 23.4. The number of benzene rings is 4. The molecule has 5 heteroatoms. The molecule has 5 nitrogen and oxygen atoms in total. The maximum atomic E-state index is 14.1. The molecule has 1 aliphatic rings. The van der Waals surface area contributed by atoms with E-state index >= 15 is 0 Å². The van der Waals surface area contributed by atoms with Gasteiger partial charge in [-0.2, -0.15) is 0 Å². The van der Waals surface area contributed by atoms with Crippen LogP contribution >= 0.6 is 0 Å². The normalized spacial score (nSPS) is 16.7. The number of methoxy groups -OCH3 is 1. The van der Waals surface area contributed by atoms with Crippen molar-refractivity contribution < 1.29 is 14.3 Å². The van der Waals surface area contributed by atoms with Crippen LogP contribution in [-0.4, -0.2) is 18.9 Å². The maximum Gasteiger partial charge on any atom is 0.258 e. The molecule has 0 N–H and O–H groups in total. The zero-order valence-corrected chi connectivity index (χ0v) is 20.4. The smallest absolute Gasteiger partial charge is 0.258 e. The Labute approximate surface area is 211 Å². The number of rotatable bonds is 5. The van der Waals surface area contributed by atoms with Gasteiger partial charge >= 0.3 is 0 Å². The summed E-state index contributed by atoms with van der Waals surface area (Å²) in [6.45, 7) is 1.60. The molecule has 4 aromatic rings. The number of hydrogen-bond acceptors (Lipinski definition) is 3. The lowest BCUT2D eigenvalue weighted by Crippen LogP contribution is -2.44. The molecule has 0 spiro atoms. The van der Waals surface area contributed by atoms with Gasteiger partial charge < -0.3 is 14.5 Å². The quantitative estimate of drug-likeness (QED) is 0.327. The van der Waals surface area contributed by atoms with Gasteiger partial charge in [0.05, 0.1) is 19.2 Å². The van der Waals surface area contributed by atoms with Gasteiger partial charge in [-0.1, -0.05) is 72.8 Å². The van der Waals surface area contributed by atoms with Crippen molar-refractivity contribution in [1.82, 2.24) is 0 Å². The fraction of sp³-hybridized carbons (Fsp3) is 0.161. The highest BCUT2D eigenvalue weighted by atomic mass is 16.5. The van der Waals surface area contributed by atoms with Crippen LogP contribution in [0.15, 0.2) is 109 Å². The van der Waals surface area contributed by atoms with Crippen molar-refractivity contribution in [3.63, 3.8) is 0 Å². The second kappa shape index (κ2) is 10.1. The maximum absolute atomic E-state index is 14.1. The number of anilines is 2. The first-order valence-electron chi connectivity index (χ1n) is 12.0. The summed E-state index contributed by atoms with van der Waals surface area (Å²) in [7, 11) is 1.59. The van der Waals surface area contributed by atoms with Gasteiger partial charge in [-0.25, -0.2) is 0 Å². The lowest BCUT2D eigenvalue weighted by molar-refractivity contribution is -0.117. The summed E-state index contributed by atoms with van der Waals surface area (Å²) in [4.78, 5) is 30.8. The molecule has 0 aliphatic carbocycles. The summed E-state index contributed by atoms with van der Waals surface area (Å²) < 4.78 is 5.38. The van der Waals surface area contributed by atoms with Gasteiger partial charge in [0.1, 0.15) is 5.75 Å². The molecule has 180 valence electrons. The lowest BCUT2D eigenvalue weighted by atomic mass is 9.85. The topological polar surface area (TPSA) is 49.9 Å². The number of nitrogens with zero attached hydrogens (tertiary/aromatic N) is 2. The van der Waals surface area contributed by atoms with Crippen molar-refractivity contribution in [3.8, 4) is 5.75 Å². The minimum atomic E-state index is -0.268. The number of carbonyl (C=O) groups excluding carboxylic acids is 2. The molecule has 0 saturated carbocycles. The number of fused-ring (bicyclic) bond motifs is 1. The van der Waals surface area contributed by atoms with E-state index in [1.807, 2.05) is 113 Å². The highest BCUT2D eigenvalue weighted by molar-refractivity contribution is 6.08. The Balaban J connectivity index is 1.68. The Kier molecular flexibility index (Phi) is 6.54. The fourth-order valence-electron chi connectivity index (χ4n) is 5.12. The molecular formula is C31H28N2O3. The van der Waals surface area contributed by atoms with Gasteiger partial charge in [0.25, 0.3) is 5.91 Å². The van der Waals surface area contributed by atoms with Crippen molar-refractivity contribution in [2.45, 2.75) is 25.4 Å². The van der Waals surface area contributed by atoms with Crippen LogP contribution in [-0.2, 0) is 4.79 Å². The predicted octanol–water partition coefficient (Wildman–Crippen LogP) is 6.58. The Bertz CT molecular complexity index is 1370. The van der Waals surface area contributed by atoms with Crippen molar-refractivity contribution in [2.24, 2.45) is 0 Å². The summed E-state index contributed by atoms with van der Waals surface area (Å²) >= 11 is 0. The van der Waals surface area contributed by atoms with Gasteiger partial charge in [-0.3, -0.25) is 9.59 Å². The van der Waals surface area contributed by atoms with E-state index in [1.165, 1.54) is 0 Å². The minimum Gasteiger partial charge on any atom is -0.497 e. The molecule has 0 radical (unpaired) electrons. The SMILES string of the molecule is COc1cccc(C(=O)N2c3ccccc3[C@H](N(C(C)=O)c3ccccc3)C[C@@H]2c2ccccc2)c1. The predicted molar refractivity (Wildman–Crippen MR) is 142 cm³/mol. The van der Waals surface area contributed by atoms with Gasteiger partial charge in [-0.15, -0.1) is 0 Å². The molecule has 1 heterocycles. The largest absolute Gasteiger partial charge is 0.497 e. The van der Waals surface area contributed by atoms with Crippen LogP contribution in [0.25, 0.3) is 0 Å². The summed E-state index contributed by atoms with van der Waals surface area (Å²) in [6.07, 6.45) is 0.561. The molecule has 1 aliphatic heterocycles. The highest BCUT2D eigenvalue weighted by Gasteiger charge is 2.40.